The molecule has 3 heteroatoms. The lowest BCUT2D eigenvalue weighted by atomic mass is 9.89. The van der Waals surface area contributed by atoms with Gasteiger partial charge in [-0.15, -0.1) is 0 Å². The van der Waals surface area contributed by atoms with Crippen molar-refractivity contribution in [1.82, 2.24) is 10.2 Å². The van der Waals surface area contributed by atoms with Gasteiger partial charge in [-0.25, -0.2) is 0 Å². The van der Waals surface area contributed by atoms with Crippen LogP contribution in [-0.2, 0) is 4.79 Å². The lowest BCUT2D eigenvalue weighted by molar-refractivity contribution is -0.133. The molecule has 3 aliphatic heterocycles. The summed E-state index contributed by atoms with van der Waals surface area (Å²) in [6.45, 7) is 5.46. The second kappa shape index (κ2) is 4.84. The van der Waals surface area contributed by atoms with E-state index in [1.807, 2.05) is 0 Å². The van der Waals surface area contributed by atoms with Crippen molar-refractivity contribution in [3.8, 4) is 0 Å². The van der Waals surface area contributed by atoms with E-state index >= 15 is 0 Å². The van der Waals surface area contributed by atoms with E-state index in [0.29, 0.717) is 35.9 Å². The van der Waals surface area contributed by atoms with E-state index in [2.05, 4.69) is 24.1 Å². The lowest BCUT2D eigenvalue weighted by Gasteiger charge is -2.31. The summed E-state index contributed by atoms with van der Waals surface area (Å²) < 4.78 is 0. The highest BCUT2D eigenvalue weighted by atomic mass is 16.2. The number of nitrogens with zero attached hydrogens (tertiary/aromatic N) is 1. The highest BCUT2D eigenvalue weighted by Crippen LogP contribution is 2.34. The molecule has 4 atom stereocenters. The summed E-state index contributed by atoms with van der Waals surface area (Å²) in [7, 11) is 0. The van der Waals surface area contributed by atoms with Gasteiger partial charge in [0.25, 0.3) is 0 Å². The number of hydrogen-bond acceptors (Lipinski definition) is 2. The van der Waals surface area contributed by atoms with Gasteiger partial charge in [-0.2, -0.15) is 0 Å². The van der Waals surface area contributed by atoms with E-state index in [1.54, 1.807) is 0 Å². The van der Waals surface area contributed by atoms with Crippen molar-refractivity contribution in [1.29, 1.82) is 0 Å². The van der Waals surface area contributed by atoms with Crippen LogP contribution in [0.15, 0.2) is 0 Å². The summed E-state index contributed by atoms with van der Waals surface area (Å²) in [5.41, 5.74) is 0. The van der Waals surface area contributed by atoms with Crippen LogP contribution in [0, 0.1) is 11.8 Å². The first-order chi connectivity index (χ1) is 8.63. The first kappa shape index (κ1) is 12.5. The number of piperidine rings is 1. The number of rotatable bonds is 2. The Bertz CT molecular complexity index is 318. The Morgan fingerprint density at radius 1 is 1.17 bits per heavy atom. The van der Waals surface area contributed by atoms with E-state index in [4.69, 9.17) is 0 Å². The third-order valence-corrected chi connectivity index (χ3v) is 5.49. The molecule has 0 aliphatic carbocycles. The molecule has 1 N–H and O–H groups in total. The van der Waals surface area contributed by atoms with Crippen molar-refractivity contribution in [2.75, 3.05) is 6.54 Å². The minimum Gasteiger partial charge on any atom is -0.340 e. The molecule has 102 valence electrons. The van der Waals surface area contributed by atoms with Crippen LogP contribution in [0.4, 0.5) is 0 Å². The summed E-state index contributed by atoms with van der Waals surface area (Å²) in [6.07, 6.45) is 7.08. The third-order valence-electron chi connectivity index (χ3n) is 5.49. The fraction of sp³-hybridized carbons (Fsp3) is 0.933. The second-order valence-electron chi connectivity index (χ2n) is 6.77. The van der Waals surface area contributed by atoms with Gasteiger partial charge >= 0.3 is 0 Å². The zero-order valence-electron chi connectivity index (χ0n) is 11.7. The molecule has 0 saturated carbocycles. The zero-order chi connectivity index (χ0) is 12.7. The highest BCUT2D eigenvalue weighted by molar-refractivity contribution is 5.77. The van der Waals surface area contributed by atoms with Crippen LogP contribution in [0.3, 0.4) is 0 Å². The molecule has 3 nitrogen and oxygen atoms in total. The van der Waals surface area contributed by atoms with Gasteiger partial charge in [0, 0.05) is 31.1 Å². The first-order valence-electron chi connectivity index (χ1n) is 7.69. The van der Waals surface area contributed by atoms with E-state index in [0.717, 1.165) is 13.0 Å². The first-order valence-corrected chi connectivity index (χ1v) is 7.69. The fourth-order valence-corrected chi connectivity index (χ4v) is 4.15. The van der Waals surface area contributed by atoms with E-state index in [-0.39, 0.29) is 0 Å². The number of likely N-dealkylation sites (tertiary alicyclic amines) is 1. The maximum atomic E-state index is 12.4. The summed E-state index contributed by atoms with van der Waals surface area (Å²) in [5.74, 6) is 1.73. The molecule has 0 aromatic heterocycles. The average Bonchev–Trinajstić information content (AvgIpc) is 2.84. The Hall–Kier alpha value is -0.570. The molecule has 3 saturated heterocycles. The highest BCUT2D eigenvalue weighted by Gasteiger charge is 2.36. The van der Waals surface area contributed by atoms with Gasteiger partial charge in [-0.1, -0.05) is 6.92 Å². The van der Waals surface area contributed by atoms with Gasteiger partial charge < -0.3 is 10.2 Å². The molecule has 3 heterocycles. The van der Waals surface area contributed by atoms with Crippen molar-refractivity contribution in [2.24, 2.45) is 11.8 Å². The zero-order valence-corrected chi connectivity index (χ0v) is 11.7. The molecule has 2 bridgehead atoms. The van der Waals surface area contributed by atoms with Gasteiger partial charge in [-0.3, -0.25) is 4.79 Å². The topological polar surface area (TPSA) is 32.3 Å². The lowest BCUT2D eigenvalue weighted by Crippen LogP contribution is -2.41. The fourth-order valence-electron chi connectivity index (χ4n) is 4.15. The smallest absolute Gasteiger partial charge is 0.223 e. The van der Waals surface area contributed by atoms with Gasteiger partial charge in [0.15, 0.2) is 0 Å². The summed E-state index contributed by atoms with van der Waals surface area (Å²) in [5, 5.41) is 3.65. The Kier molecular flexibility index (Phi) is 3.35. The molecule has 0 spiro atoms. The average molecular weight is 250 g/mol. The maximum absolute atomic E-state index is 12.4. The Labute approximate surface area is 110 Å². The van der Waals surface area contributed by atoms with Crippen LogP contribution in [0.25, 0.3) is 0 Å². The van der Waals surface area contributed by atoms with Crippen molar-refractivity contribution >= 4 is 5.91 Å². The molecule has 0 aromatic rings. The van der Waals surface area contributed by atoms with Gasteiger partial charge in [0.05, 0.1) is 0 Å². The summed E-state index contributed by atoms with van der Waals surface area (Å²) in [6, 6.07) is 1.86. The van der Waals surface area contributed by atoms with Crippen LogP contribution in [0.5, 0.6) is 0 Å². The predicted octanol–water partition coefficient (Wildman–Crippen LogP) is 2.16. The van der Waals surface area contributed by atoms with E-state index in [1.165, 1.54) is 32.1 Å². The molecule has 0 aromatic carbocycles. The summed E-state index contributed by atoms with van der Waals surface area (Å²) in [4.78, 5) is 14.5. The normalized spacial score (nSPS) is 43.4. The van der Waals surface area contributed by atoms with Crippen LogP contribution >= 0.6 is 0 Å². The van der Waals surface area contributed by atoms with Gasteiger partial charge in [-0.05, 0) is 50.9 Å². The standard InChI is InChI=1S/C15H26N2O/c1-10-5-6-17(11(10)2)15(18)9-12-7-13-3-4-14(8-12)16-13/h10-14,16H,3-9H2,1-2H3. The molecule has 3 rings (SSSR count). The SMILES string of the molecule is CC1CCN(C(=O)CC2CC3CCC(C2)N3)C1C. The number of hydrogen-bond donors (Lipinski definition) is 1. The molecular formula is C15H26N2O. The van der Waals surface area contributed by atoms with Gasteiger partial charge in [0.2, 0.25) is 5.91 Å². The van der Waals surface area contributed by atoms with Crippen LogP contribution in [0.2, 0.25) is 0 Å². The van der Waals surface area contributed by atoms with Crippen LogP contribution < -0.4 is 5.32 Å². The quantitative estimate of drug-likeness (QED) is 0.814. The molecule has 18 heavy (non-hydrogen) atoms. The van der Waals surface area contributed by atoms with E-state index < -0.39 is 0 Å². The van der Waals surface area contributed by atoms with Crippen molar-refractivity contribution < 1.29 is 4.79 Å². The Balaban J connectivity index is 1.55. The molecule has 0 radical (unpaired) electrons. The molecule has 3 fully saturated rings. The third kappa shape index (κ3) is 2.29. The Morgan fingerprint density at radius 3 is 2.39 bits per heavy atom. The second-order valence-corrected chi connectivity index (χ2v) is 6.77. The van der Waals surface area contributed by atoms with Crippen molar-refractivity contribution in [3.05, 3.63) is 0 Å². The van der Waals surface area contributed by atoms with Crippen LogP contribution in [-0.4, -0.2) is 35.5 Å². The number of amides is 1. The number of carbonyl (C=O) groups excluding carboxylic acids is 1. The summed E-state index contributed by atoms with van der Waals surface area (Å²) >= 11 is 0. The number of fused-ring (bicyclic) bond motifs is 2. The van der Waals surface area contributed by atoms with Crippen LogP contribution in [0.1, 0.15) is 52.4 Å². The Morgan fingerprint density at radius 2 is 1.83 bits per heavy atom. The molecular weight excluding hydrogens is 224 g/mol. The monoisotopic (exact) mass is 250 g/mol. The molecule has 3 aliphatic rings. The minimum atomic E-state index is 0.415. The predicted molar refractivity (Wildman–Crippen MR) is 72.2 cm³/mol. The molecule has 4 unspecified atom stereocenters. The maximum Gasteiger partial charge on any atom is 0.223 e. The molecule has 1 amide bonds. The minimum absolute atomic E-state index is 0.415. The number of carbonyl (C=O) groups is 1. The van der Waals surface area contributed by atoms with Gasteiger partial charge in [0.1, 0.15) is 0 Å². The largest absolute Gasteiger partial charge is 0.340 e. The van der Waals surface area contributed by atoms with Crippen molar-refractivity contribution in [3.63, 3.8) is 0 Å². The number of nitrogens with one attached hydrogen (secondary N) is 1. The van der Waals surface area contributed by atoms with E-state index in [9.17, 15) is 4.79 Å². The van der Waals surface area contributed by atoms with Crippen molar-refractivity contribution in [2.45, 2.75) is 70.5 Å².